The Hall–Kier alpha value is -2.53. The Bertz CT molecular complexity index is 1040. The zero-order valence-electron chi connectivity index (χ0n) is 15.2. The number of halogens is 3. The molecule has 28 heavy (non-hydrogen) atoms. The lowest BCUT2D eigenvalue weighted by Crippen LogP contribution is -2.48. The lowest BCUT2D eigenvalue weighted by Gasteiger charge is -2.25. The van der Waals surface area contributed by atoms with Gasteiger partial charge in [-0.2, -0.15) is 0 Å². The van der Waals surface area contributed by atoms with Gasteiger partial charge in [0.05, 0.1) is 6.04 Å². The van der Waals surface area contributed by atoms with E-state index in [2.05, 4.69) is 10.0 Å². The van der Waals surface area contributed by atoms with Crippen molar-refractivity contribution in [3.05, 3.63) is 41.7 Å². The Morgan fingerprint density at radius 3 is 2.61 bits per heavy atom. The third kappa shape index (κ3) is 3.72. The van der Waals surface area contributed by atoms with Gasteiger partial charge in [0.15, 0.2) is 23.1 Å². The van der Waals surface area contributed by atoms with E-state index in [1.54, 1.807) is 0 Å². The van der Waals surface area contributed by atoms with Crippen molar-refractivity contribution in [3.8, 4) is 5.75 Å². The highest BCUT2D eigenvalue weighted by molar-refractivity contribution is 7.89. The maximum atomic E-state index is 14.3. The van der Waals surface area contributed by atoms with Crippen LogP contribution in [0.4, 0.5) is 18.9 Å². The standard InChI is InChI=1S/C17H18F3N3O4S/c1-17(2,20)13-8-27-15-12(28(25,26)22-13)7-23(3)14(15)16(24)21-9-4-5-10(18)11(19)6-9/h4-7,13,22H,8H2,1-3H3,(H,21,24)/t13-/m0/s1. The van der Waals surface area contributed by atoms with Gasteiger partial charge in [-0.15, -0.1) is 0 Å². The average Bonchev–Trinajstić information content (AvgIpc) is 2.84. The first-order chi connectivity index (χ1) is 12.9. The highest BCUT2D eigenvalue weighted by Gasteiger charge is 2.40. The Morgan fingerprint density at radius 2 is 2.00 bits per heavy atom. The summed E-state index contributed by atoms with van der Waals surface area (Å²) in [5.74, 6) is -3.28. The number of aromatic nitrogens is 1. The van der Waals surface area contributed by atoms with Crippen molar-refractivity contribution >= 4 is 21.6 Å². The molecule has 1 aromatic carbocycles. The van der Waals surface area contributed by atoms with Crippen LogP contribution in [0, 0.1) is 11.6 Å². The lowest BCUT2D eigenvalue weighted by atomic mass is 10.0. The normalized spacial score (nSPS) is 18.7. The number of carbonyl (C=O) groups excluding carboxylic acids is 1. The molecule has 3 rings (SSSR count). The lowest BCUT2D eigenvalue weighted by molar-refractivity contribution is 0.100. The zero-order valence-corrected chi connectivity index (χ0v) is 16.0. The van der Waals surface area contributed by atoms with Gasteiger partial charge in [0.25, 0.3) is 5.91 Å². The number of benzene rings is 1. The molecule has 0 spiro atoms. The van der Waals surface area contributed by atoms with Crippen LogP contribution in [0.25, 0.3) is 0 Å². The van der Waals surface area contributed by atoms with E-state index < -0.39 is 39.3 Å². The van der Waals surface area contributed by atoms with Crippen molar-refractivity contribution in [1.29, 1.82) is 0 Å². The second kappa shape index (κ2) is 6.82. The van der Waals surface area contributed by atoms with E-state index in [1.165, 1.54) is 25.5 Å². The molecule has 1 aliphatic heterocycles. The summed E-state index contributed by atoms with van der Waals surface area (Å²) in [4.78, 5) is 12.3. The number of sulfonamides is 1. The molecule has 0 saturated heterocycles. The summed E-state index contributed by atoms with van der Waals surface area (Å²) in [6, 6.07) is 1.61. The van der Waals surface area contributed by atoms with Gasteiger partial charge in [-0.3, -0.25) is 4.79 Å². The van der Waals surface area contributed by atoms with Crippen LogP contribution in [-0.4, -0.2) is 37.2 Å². The van der Waals surface area contributed by atoms with Crippen LogP contribution in [0.5, 0.6) is 5.75 Å². The molecule has 0 aliphatic carbocycles. The highest BCUT2D eigenvalue weighted by Crippen LogP contribution is 2.34. The number of ether oxygens (including phenoxy) is 1. The maximum absolute atomic E-state index is 14.3. The quantitative estimate of drug-likeness (QED) is 0.802. The molecule has 1 amide bonds. The number of hydrogen-bond acceptors (Lipinski definition) is 4. The van der Waals surface area contributed by atoms with Gasteiger partial charge >= 0.3 is 0 Å². The number of carbonyl (C=O) groups is 1. The fraction of sp³-hybridized carbons (Fsp3) is 0.353. The number of rotatable bonds is 3. The first-order valence-corrected chi connectivity index (χ1v) is 9.68. The predicted molar refractivity (Wildman–Crippen MR) is 94.5 cm³/mol. The Labute approximate surface area is 159 Å². The van der Waals surface area contributed by atoms with Crippen LogP contribution >= 0.6 is 0 Å². The molecule has 2 heterocycles. The summed E-state index contributed by atoms with van der Waals surface area (Å²) in [7, 11) is -2.74. The van der Waals surface area contributed by atoms with Gasteiger partial charge < -0.3 is 14.6 Å². The average molecular weight is 417 g/mol. The molecule has 0 fully saturated rings. The van der Waals surface area contributed by atoms with Crippen LogP contribution in [0.1, 0.15) is 24.3 Å². The van der Waals surface area contributed by atoms with Crippen molar-refractivity contribution < 1.29 is 31.1 Å². The first-order valence-electron chi connectivity index (χ1n) is 8.20. The fourth-order valence-corrected chi connectivity index (χ4v) is 4.27. The Morgan fingerprint density at radius 1 is 1.32 bits per heavy atom. The van der Waals surface area contributed by atoms with E-state index >= 15 is 0 Å². The molecule has 1 aliphatic rings. The van der Waals surface area contributed by atoms with Gasteiger partial charge in [-0.25, -0.2) is 26.3 Å². The second-order valence-electron chi connectivity index (χ2n) is 6.91. The largest absolute Gasteiger partial charge is 0.488 e. The van der Waals surface area contributed by atoms with Crippen molar-refractivity contribution in [2.75, 3.05) is 11.9 Å². The number of aryl methyl sites for hydroxylation is 1. The number of hydrogen-bond donors (Lipinski definition) is 2. The van der Waals surface area contributed by atoms with Crippen LogP contribution in [0.2, 0.25) is 0 Å². The molecule has 0 radical (unpaired) electrons. The molecular weight excluding hydrogens is 399 g/mol. The molecule has 152 valence electrons. The van der Waals surface area contributed by atoms with E-state index in [0.29, 0.717) is 0 Å². The third-order valence-electron chi connectivity index (χ3n) is 4.30. The summed E-state index contributed by atoms with van der Waals surface area (Å²) in [6.45, 7) is 2.07. The van der Waals surface area contributed by atoms with E-state index in [4.69, 9.17) is 4.74 Å². The van der Waals surface area contributed by atoms with Crippen molar-refractivity contribution in [2.45, 2.75) is 30.5 Å². The number of fused-ring (bicyclic) bond motifs is 1. The van der Waals surface area contributed by atoms with Gasteiger partial charge in [-0.05, 0) is 26.0 Å². The predicted octanol–water partition coefficient (Wildman–Crippen LogP) is 2.34. The topological polar surface area (TPSA) is 89.4 Å². The van der Waals surface area contributed by atoms with Gasteiger partial charge in [0.2, 0.25) is 10.0 Å². The molecule has 2 N–H and O–H groups in total. The molecule has 1 atom stereocenters. The summed E-state index contributed by atoms with van der Waals surface area (Å²) in [6.07, 6.45) is 1.16. The number of alkyl halides is 1. The number of nitrogens with zero attached hydrogens (tertiary/aromatic N) is 1. The van der Waals surface area contributed by atoms with E-state index in [0.717, 1.165) is 24.4 Å². The van der Waals surface area contributed by atoms with Gasteiger partial charge in [0.1, 0.15) is 17.2 Å². The maximum Gasteiger partial charge on any atom is 0.276 e. The minimum Gasteiger partial charge on any atom is -0.488 e. The van der Waals surface area contributed by atoms with Crippen LogP contribution in [0.3, 0.4) is 0 Å². The molecule has 2 aromatic rings. The van der Waals surface area contributed by atoms with Crippen molar-refractivity contribution in [1.82, 2.24) is 9.29 Å². The number of nitrogens with one attached hydrogen (secondary N) is 2. The fourth-order valence-electron chi connectivity index (χ4n) is 2.72. The summed E-state index contributed by atoms with van der Waals surface area (Å²) in [5.41, 5.74) is -2.11. The molecule has 0 bridgehead atoms. The van der Waals surface area contributed by atoms with E-state index in [-0.39, 0.29) is 28.6 Å². The SMILES string of the molecule is Cn1cc2c(c1C(=O)Nc1ccc(F)c(F)c1)OC[C@@H](C(C)(C)F)NS2(=O)=O. The Kier molecular flexibility index (Phi) is 4.92. The molecule has 0 saturated carbocycles. The summed E-state index contributed by atoms with van der Waals surface area (Å²) >= 11 is 0. The molecule has 0 unspecified atom stereocenters. The molecule has 11 heteroatoms. The van der Waals surface area contributed by atoms with Crippen molar-refractivity contribution in [3.63, 3.8) is 0 Å². The van der Waals surface area contributed by atoms with Gasteiger partial charge in [0, 0.05) is 25.0 Å². The summed E-state index contributed by atoms with van der Waals surface area (Å²) in [5, 5.41) is 2.36. The van der Waals surface area contributed by atoms with Crippen molar-refractivity contribution in [2.24, 2.45) is 7.05 Å². The smallest absolute Gasteiger partial charge is 0.276 e. The monoisotopic (exact) mass is 417 g/mol. The number of anilines is 1. The Balaban J connectivity index is 1.98. The molecule has 7 nitrogen and oxygen atoms in total. The zero-order chi connectivity index (χ0) is 20.9. The van der Waals surface area contributed by atoms with Crippen LogP contribution < -0.4 is 14.8 Å². The van der Waals surface area contributed by atoms with Gasteiger partial charge in [-0.1, -0.05) is 0 Å². The van der Waals surface area contributed by atoms with Crippen LogP contribution in [-0.2, 0) is 17.1 Å². The summed E-state index contributed by atoms with van der Waals surface area (Å²) < 4.78 is 74.8. The minimum absolute atomic E-state index is 0.0313. The first kappa shape index (κ1) is 20.2. The van der Waals surface area contributed by atoms with E-state index in [1.807, 2.05) is 0 Å². The molecular formula is C17H18F3N3O4S. The second-order valence-corrected chi connectivity index (χ2v) is 8.60. The third-order valence-corrected chi connectivity index (χ3v) is 5.77. The van der Waals surface area contributed by atoms with Crippen LogP contribution in [0.15, 0.2) is 29.3 Å². The molecule has 1 aromatic heterocycles. The minimum atomic E-state index is -4.16. The van der Waals surface area contributed by atoms with E-state index in [9.17, 15) is 26.4 Å². The number of amides is 1. The highest BCUT2D eigenvalue weighted by atomic mass is 32.2.